The van der Waals surface area contributed by atoms with Crippen LogP contribution in [0, 0.1) is 17.6 Å². The van der Waals surface area contributed by atoms with Gasteiger partial charge in [0.1, 0.15) is 18.2 Å². The number of carbonyl (C=O) groups is 1. The van der Waals surface area contributed by atoms with Gasteiger partial charge < -0.3 is 14.8 Å². The number of halogens is 2. The summed E-state index contributed by atoms with van der Waals surface area (Å²) in [6.07, 6.45) is 3.04. The number of hydrogen-bond donors (Lipinski definition) is 1. The summed E-state index contributed by atoms with van der Waals surface area (Å²) in [4.78, 5) is 13.0. The van der Waals surface area contributed by atoms with Crippen LogP contribution in [0.1, 0.15) is 42.7 Å². The van der Waals surface area contributed by atoms with Gasteiger partial charge in [-0.05, 0) is 42.9 Å². The summed E-state index contributed by atoms with van der Waals surface area (Å²) in [7, 11) is 0. The van der Waals surface area contributed by atoms with E-state index in [1.165, 1.54) is 12.1 Å². The van der Waals surface area contributed by atoms with Crippen LogP contribution in [0.4, 0.5) is 8.78 Å². The molecule has 1 aliphatic heterocycles. The molecule has 2 aromatic carbocycles. The highest BCUT2D eigenvalue weighted by Gasteiger charge is 2.42. The van der Waals surface area contributed by atoms with Crippen LogP contribution in [-0.4, -0.2) is 31.3 Å². The zero-order valence-electron chi connectivity index (χ0n) is 16.9. The van der Waals surface area contributed by atoms with E-state index in [1.54, 1.807) is 0 Å². The maximum absolute atomic E-state index is 14.5. The Kier molecular flexibility index (Phi) is 6.75. The van der Waals surface area contributed by atoms with Crippen molar-refractivity contribution >= 4 is 5.97 Å². The summed E-state index contributed by atoms with van der Waals surface area (Å²) < 4.78 is 39.0. The Bertz CT molecular complexity index is 855. The molecule has 3 atom stereocenters. The fraction of sp³-hybridized carbons (Fsp3) is 0.458. The molecule has 1 N–H and O–H groups in total. The molecule has 1 unspecified atom stereocenters. The van der Waals surface area contributed by atoms with Gasteiger partial charge in [0.25, 0.3) is 0 Å². The number of ether oxygens (including phenoxy) is 2. The van der Waals surface area contributed by atoms with E-state index in [2.05, 4.69) is 5.32 Å². The Balaban J connectivity index is 1.48. The van der Waals surface area contributed by atoms with E-state index in [-0.39, 0.29) is 24.5 Å². The summed E-state index contributed by atoms with van der Waals surface area (Å²) in [5, 5.41) is 3.62. The van der Waals surface area contributed by atoms with Crippen molar-refractivity contribution in [2.24, 2.45) is 5.92 Å². The van der Waals surface area contributed by atoms with Crippen molar-refractivity contribution in [1.82, 2.24) is 5.32 Å². The van der Waals surface area contributed by atoms with E-state index in [4.69, 9.17) is 9.47 Å². The van der Waals surface area contributed by atoms with Crippen LogP contribution in [0.25, 0.3) is 0 Å². The number of carbonyl (C=O) groups excluding carboxylic acids is 1. The number of rotatable bonds is 6. The predicted octanol–water partition coefficient (Wildman–Crippen LogP) is 4.34. The molecular formula is C24H27F2NO3. The van der Waals surface area contributed by atoms with E-state index >= 15 is 0 Å². The van der Waals surface area contributed by atoms with Gasteiger partial charge in [-0.2, -0.15) is 0 Å². The molecule has 4 rings (SSSR count). The van der Waals surface area contributed by atoms with Gasteiger partial charge in [0.2, 0.25) is 0 Å². The van der Waals surface area contributed by atoms with E-state index in [0.29, 0.717) is 24.4 Å². The number of nitrogens with one attached hydrogen (secondary N) is 1. The maximum atomic E-state index is 14.5. The lowest BCUT2D eigenvalue weighted by Crippen LogP contribution is -2.40. The minimum atomic E-state index is -0.616. The Morgan fingerprint density at radius 3 is 2.53 bits per heavy atom. The molecular weight excluding hydrogens is 388 g/mol. The van der Waals surface area contributed by atoms with Crippen LogP contribution in [-0.2, 0) is 20.9 Å². The summed E-state index contributed by atoms with van der Waals surface area (Å²) in [5.41, 5.74) is 1.29. The molecule has 4 nitrogen and oxygen atoms in total. The molecule has 0 spiro atoms. The second-order valence-corrected chi connectivity index (χ2v) is 8.19. The average molecular weight is 415 g/mol. The van der Waals surface area contributed by atoms with Gasteiger partial charge in [-0.1, -0.05) is 36.4 Å². The zero-order valence-corrected chi connectivity index (χ0v) is 16.9. The van der Waals surface area contributed by atoms with Gasteiger partial charge in [-0.25, -0.2) is 8.78 Å². The lowest BCUT2D eigenvalue weighted by Gasteiger charge is -2.26. The van der Waals surface area contributed by atoms with Gasteiger partial charge in [0, 0.05) is 37.3 Å². The van der Waals surface area contributed by atoms with Crippen molar-refractivity contribution < 1.29 is 23.0 Å². The second kappa shape index (κ2) is 9.67. The topological polar surface area (TPSA) is 47.6 Å². The standard InChI is InChI=1S/C24H27F2NO3/c25-17-6-7-20(23(26)12-17)21-13-19(27-18-8-10-29-11-9-18)14-22(21)24(28)30-15-16-4-2-1-3-5-16/h1-7,12,18-19,21-22,27H,8-11,13-15H2/t19?,21-,22+/m0/s1. The molecule has 0 radical (unpaired) electrons. The number of hydrogen-bond acceptors (Lipinski definition) is 4. The Labute approximate surface area is 175 Å². The first-order valence-electron chi connectivity index (χ1n) is 10.6. The molecule has 2 aliphatic rings. The smallest absolute Gasteiger partial charge is 0.309 e. The molecule has 6 heteroatoms. The normalized spacial score (nSPS) is 24.7. The van der Waals surface area contributed by atoms with Gasteiger partial charge in [-0.15, -0.1) is 0 Å². The molecule has 1 saturated heterocycles. The molecule has 0 amide bonds. The molecule has 0 bridgehead atoms. The second-order valence-electron chi connectivity index (χ2n) is 8.19. The average Bonchev–Trinajstić information content (AvgIpc) is 3.17. The largest absolute Gasteiger partial charge is 0.461 e. The Morgan fingerprint density at radius 2 is 1.80 bits per heavy atom. The molecule has 0 aromatic heterocycles. The quantitative estimate of drug-likeness (QED) is 0.713. The molecule has 160 valence electrons. The van der Waals surface area contributed by atoms with Crippen molar-refractivity contribution in [2.75, 3.05) is 13.2 Å². The molecule has 1 saturated carbocycles. The Morgan fingerprint density at radius 1 is 1.03 bits per heavy atom. The fourth-order valence-electron chi connectivity index (χ4n) is 4.61. The SMILES string of the molecule is O=C(OCc1ccccc1)[C@@H]1CC(NC2CCOCC2)C[C@H]1c1ccc(F)cc1F. The van der Waals surface area contributed by atoms with Crippen LogP contribution < -0.4 is 5.32 Å². The molecule has 1 aliphatic carbocycles. The fourth-order valence-corrected chi connectivity index (χ4v) is 4.61. The van der Waals surface area contributed by atoms with Crippen molar-refractivity contribution in [3.05, 3.63) is 71.3 Å². The highest BCUT2D eigenvalue weighted by Crippen LogP contribution is 2.42. The molecule has 2 fully saturated rings. The van der Waals surface area contributed by atoms with Crippen LogP contribution >= 0.6 is 0 Å². The first-order valence-corrected chi connectivity index (χ1v) is 10.6. The van der Waals surface area contributed by atoms with Crippen molar-refractivity contribution in [3.63, 3.8) is 0 Å². The van der Waals surface area contributed by atoms with Crippen LogP contribution in [0.5, 0.6) is 0 Å². The van der Waals surface area contributed by atoms with Crippen molar-refractivity contribution in [2.45, 2.75) is 50.3 Å². The molecule has 30 heavy (non-hydrogen) atoms. The van der Waals surface area contributed by atoms with Crippen LogP contribution in [0.15, 0.2) is 48.5 Å². The summed E-state index contributed by atoms with van der Waals surface area (Å²) >= 11 is 0. The van der Waals surface area contributed by atoms with Gasteiger partial charge in [-0.3, -0.25) is 4.79 Å². The zero-order chi connectivity index (χ0) is 20.9. The van der Waals surface area contributed by atoms with Crippen molar-refractivity contribution in [1.29, 1.82) is 0 Å². The van der Waals surface area contributed by atoms with Crippen LogP contribution in [0.2, 0.25) is 0 Å². The summed E-state index contributed by atoms with van der Waals surface area (Å²) in [5.74, 6) is -2.36. The number of benzene rings is 2. The highest BCUT2D eigenvalue weighted by molar-refractivity contribution is 5.74. The number of esters is 1. The monoisotopic (exact) mass is 415 g/mol. The van der Waals surface area contributed by atoms with E-state index in [1.807, 2.05) is 30.3 Å². The highest BCUT2D eigenvalue weighted by atomic mass is 19.1. The first kappa shape index (κ1) is 20.9. The lowest BCUT2D eigenvalue weighted by atomic mass is 9.88. The third-order valence-electron chi connectivity index (χ3n) is 6.14. The van der Waals surface area contributed by atoms with E-state index in [0.717, 1.165) is 37.7 Å². The van der Waals surface area contributed by atoms with E-state index < -0.39 is 17.6 Å². The van der Waals surface area contributed by atoms with Crippen LogP contribution in [0.3, 0.4) is 0 Å². The summed E-state index contributed by atoms with van der Waals surface area (Å²) in [6, 6.07) is 13.5. The van der Waals surface area contributed by atoms with Gasteiger partial charge in [0.15, 0.2) is 0 Å². The lowest BCUT2D eigenvalue weighted by molar-refractivity contribution is -0.150. The maximum Gasteiger partial charge on any atom is 0.309 e. The molecule has 2 aromatic rings. The van der Waals surface area contributed by atoms with Gasteiger partial charge >= 0.3 is 5.97 Å². The predicted molar refractivity (Wildman–Crippen MR) is 109 cm³/mol. The third-order valence-corrected chi connectivity index (χ3v) is 6.14. The summed E-state index contributed by atoms with van der Waals surface area (Å²) in [6.45, 7) is 1.64. The first-order chi connectivity index (χ1) is 14.6. The van der Waals surface area contributed by atoms with Gasteiger partial charge in [0.05, 0.1) is 5.92 Å². The minimum Gasteiger partial charge on any atom is -0.461 e. The Hall–Kier alpha value is -2.31. The van der Waals surface area contributed by atoms with E-state index in [9.17, 15) is 13.6 Å². The molecule has 1 heterocycles. The third kappa shape index (κ3) is 5.05. The van der Waals surface area contributed by atoms with Crippen molar-refractivity contribution in [3.8, 4) is 0 Å². The minimum absolute atomic E-state index is 0.0804.